The van der Waals surface area contributed by atoms with Crippen LogP contribution < -0.4 is 5.73 Å². The predicted octanol–water partition coefficient (Wildman–Crippen LogP) is 1.61. The fraction of sp³-hybridized carbons (Fsp3) is 0.923. The fourth-order valence-electron chi connectivity index (χ4n) is 3.32. The first kappa shape index (κ1) is 14.3. The average molecular weight is 297 g/mol. The summed E-state index contributed by atoms with van der Waals surface area (Å²) >= 11 is 1.80. The molecule has 1 atom stereocenters. The molecule has 20 heavy (non-hydrogen) atoms. The van der Waals surface area contributed by atoms with Gasteiger partial charge in [-0.1, -0.05) is 31.0 Å². The van der Waals surface area contributed by atoms with Crippen LogP contribution in [0.5, 0.6) is 0 Å². The van der Waals surface area contributed by atoms with Crippen molar-refractivity contribution >= 4 is 11.8 Å². The molecule has 112 valence electrons. The molecule has 0 amide bonds. The van der Waals surface area contributed by atoms with Gasteiger partial charge in [0.25, 0.3) is 0 Å². The zero-order valence-corrected chi connectivity index (χ0v) is 12.6. The van der Waals surface area contributed by atoms with Crippen LogP contribution in [0.4, 0.5) is 0 Å². The smallest absolute Gasteiger partial charge is 0.209 e. The van der Waals surface area contributed by atoms with Crippen molar-refractivity contribution in [2.75, 3.05) is 13.2 Å². The molecule has 2 heterocycles. The first-order chi connectivity index (χ1) is 9.81. The fourth-order valence-corrected chi connectivity index (χ4v) is 4.55. The van der Waals surface area contributed by atoms with E-state index in [2.05, 4.69) is 15.5 Å². The molecular weight excluding hydrogens is 274 g/mol. The van der Waals surface area contributed by atoms with Crippen molar-refractivity contribution in [3.8, 4) is 0 Å². The molecule has 1 unspecified atom stereocenters. The highest BCUT2D eigenvalue weighted by molar-refractivity contribution is 7.99. The maximum atomic E-state index is 6.14. The lowest BCUT2D eigenvalue weighted by Gasteiger charge is -2.43. The molecule has 1 saturated carbocycles. The third kappa shape index (κ3) is 3.15. The maximum absolute atomic E-state index is 6.14. The van der Waals surface area contributed by atoms with Gasteiger partial charge in [-0.05, 0) is 36.1 Å². The van der Waals surface area contributed by atoms with Crippen molar-refractivity contribution < 1.29 is 4.74 Å². The van der Waals surface area contributed by atoms with E-state index in [9.17, 15) is 0 Å². The van der Waals surface area contributed by atoms with Gasteiger partial charge in [0.2, 0.25) is 5.16 Å². The molecule has 1 spiro atoms. The van der Waals surface area contributed by atoms with Crippen LogP contribution in [0.2, 0.25) is 0 Å². The van der Waals surface area contributed by atoms with Gasteiger partial charge < -0.3 is 10.5 Å². The van der Waals surface area contributed by atoms with Gasteiger partial charge in [0.1, 0.15) is 0 Å². The Bertz CT molecular complexity index is 427. The Labute approximate surface area is 123 Å². The molecule has 6 nitrogen and oxygen atoms in total. The molecule has 1 saturated heterocycles. The van der Waals surface area contributed by atoms with Crippen molar-refractivity contribution in [1.82, 2.24) is 20.2 Å². The van der Waals surface area contributed by atoms with Crippen LogP contribution in [0.1, 0.15) is 44.9 Å². The molecule has 1 aliphatic carbocycles. The van der Waals surface area contributed by atoms with Gasteiger partial charge in [-0.3, -0.25) is 0 Å². The molecule has 2 N–H and O–H groups in total. The van der Waals surface area contributed by atoms with Gasteiger partial charge in [-0.15, -0.1) is 5.10 Å². The standard InChI is InChI=1S/C13H23N5OS/c14-7-8-18-12(15-16-17-18)20-11-4-9-19-13(10-11)5-2-1-3-6-13/h11H,1-10,14H2. The Morgan fingerprint density at radius 1 is 1.35 bits per heavy atom. The summed E-state index contributed by atoms with van der Waals surface area (Å²) in [6.45, 7) is 2.12. The summed E-state index contributed by atoms with van der Waals surface area (Å²) < 4.78 is 7.95. The third-order valence-electron chi connectivity index (χ3n) is 4.32. The Hall–Kier alpha value is -0.660. The Kier molecular flexibility index (Phi) is 4.58. The lowest BCUT2D eigenvalue weighted by molar-refractivity contribution is -0.0971. The SMILES string of the molecule is NCCn1nnnc1SC1CCOC2(CCCCC2)C1. The van der Waals surface area contributed by atoms with E-state index in [1.54, 1.807) is 11.8 Å². The summed E-state index contributed by atoms with van der Waals surface area (Å²) in [6, 6.07) is 0. The number of nitrogens with zero attached hydrogens (tertiary/aromatic N) is 4. The minimum Gasteiger partial charge on any atom is -0.375 e. The van der Waals surface area contributed by atoms with Crippen molar-refractivity contribution in [3.05, 3.63) is 0 Å². The number of thioether (sulfide) groups is 1. The molecule has 1 aromatic heterocycles. The van der Waals surface area contributed by atoms with Crippen LogP contribution in [0.3, 0.4) is 0 Å². The van der Waals surface area contributed by atoms with Gasteiger partial charge in [-0.25, -0.2) is 4.68 Å². The van der Waals surface area contributed by atoms with E-state index in [1.165, 1.54) is 32.1 Å². The van der Waals surface area contributed by atoms with Crippen LogP contribution in [-0.4, -0.2) is 44.2 Å². The quantitative estimate of drug-likeness (QED) is 0.909. The summed E-state index contributed by atoms with van der Waals surface area (Å²) in [6.07, 6.45) is 8.63. The molecule has 0 bridgehead atoms. The zero-order valence-electron chi connectivity index (χ0n) is 11.8. The van der Waals surface area contributed by atoms with E-state index >= 15 is 0 Å². The van der Waals surface area contributed by atoms with Crippen molar-refractivity contribution in [3.63, 3.8) is 0 Å². The van der Waals surface area contributed by atoms with E-state index in [-0.39, 0.29) is 5.60 Å². The number of tetrazole rings is 1. The Balaban J connectivity index is 1.63. The minimum absolute atomic E-state index is 0.139. The highest BCUT2D eigenvalue weighted by Crippen LogP contribution is 2.42. The van der Waals surface area contributed by atoms with Crippen molar-refractivity contribution in [1.29, 1.82) is 0 Å². The molecule has 7 heteroatoms. The van der Waals surface area contributed by atoms with Crippen molar-refractivity contribution in [2.24, 2.45) is 5.73 Å². The Morgan fingerprint density at radius 2 is 2.20 bits per heavy atom. The summed E-state index contributed by atoms with van der Waals surface area (Å²) in [4.78, 5) is 0. The van der Waals surface area contributed by atoms with Crippen LogP contribution in [-0.2, 0) is 11.3 Å². The second-order valence-corrected chi connectivity index (χ2v) is 7.07. The number of aromatic nitrogens is 4. The van der Waals surface area contributed by atoms with E-state index < -0.39 is 0 Å². The van der Waals surface area contributed by atoms with E-state index in [4.69, 9.17) is 10.5 Å². The number of rotatable bonds is 4. The molecule has 1 aliphatic heterocycles. The van der Waals surface area contributed by atoms with E-state index in [0.717, 1.165) is 24.6 Å². The van der Waals surface area contributed by atoms with E-state index in [0.29, 0.717) is 18.3 Å². The molecule has 0 aromatic carbocycles. The number of hydrogen-bond donors (Lipinski definition) is 1. The summed E-state index contributed by atoms with van der Waals surface area (Å²) in [5.41, 5.74) is 5.73. The molecule has 3 rings (SSSR count). The normalized spacial score (nSPS) is 25.9. The number of ether oxygens (including phenoxy) is 1. The lowest BCUT2D eigenvalue weighted by Crippen LogP contribution is -2.42. The molecule has 1 aromatic rings. The summed E-state index contributed by atoms with van der Waals surface area (Å²) in [7, 11) is 0. The van der Waals surface area contributed by atoms with Gasteiger partial charge >= 0.3 is 0 Å². The van der Waals surface area contributed by atoms with Crippen LogP contribution >= 0.6 is 11.8 Å². The maximum Gasteiger partial charge on any atom is 0.209 e. The lowest BCUT2D eigenvalue weighted by atomic mass is 9.80. The topological polar surface area (TPSA) is 78.9 Å². The first-order valence-corrected chi connectivity index (χ1v) is 8.46. The highest BCUT2D eigenvalue weighted by Gasteiger charge is 2.39. The van der Waals surface area contributed by atoms with Crippen LogP contribution in [0.25, 0.3) is 0 Å². The highest BCUT2D eigenvalue weighted by atomic mass is 32.2. The van der Waals surface area contributed by atoms with E-state index in [1.807, 2.05) is 4.68 Å². The average Bonchev–Trinajstić information content (AvgIpc) is 2.88. The van der Waals surface area contributed by atoms with Gasteiger partial charge in [-0.2, -0.15) is 0 Å². The Morgan fingerprint density at radius 3 is 3.00 bits per heavy atom. The second-order valence-electron chi connectivity index (χ2n) is 5.80. The first-order valence-electron chi connectivity index (χ1n) is 7.58. The van der Waals surface area contributed by atoms with Gasteiger partial charge in [0, 0.05) is 18.4 Å². The second kappa shape index (κ2) is 6.41. The third-order valence-corrected chi connectivity index (χ3v) is 5.56. The number of hydrogen-bond acceptors (Lipinski definition) is 6. The minimum atomic E-state index is 0.139. The monoisotopic (exact) mass is 297 g/mol. The summed E-state index contributed by atoms with van der Waals surface area (Å²) in [5, 5.41) is 13.4. The molecular formula is C13H23N5OS. The van der Waals surface area contributed by atoms with Crippen LogP contribution in [0, 0.1) is 0 Å². The predicted molar refractivity (Wildman–Crippen MR) is 77.5 cm³/mol. The summed E-state index contributed by atoms with van der Waals surface area (Å²) in [5.74, 6) is 0. The van der Waals surface area contributed by atoms with Gasteiger partial charge in [0.15, 0.2) is 0 Å². The molecule has 2 aliphatic rings. The molecule has 0 radical (unpaired) electrons. The zero-order chi connectivity index (χ0) is 13.8. The van der Waals surface area contributed by atoms with Crippen molar-refractivity contribution in [2.45, 2.75) is 67.5 Å². The van der Waals surface area contributed by atoms with Gasteiger partial charge in [0.05, 0.1) is 12.1 Å². The number of nitrogens with two attached hydrogens (primary N) is 1. The largest absolute Gasteiger partial charge is 0.375 e. The molecule has 2 fully saturated rings. The van der Waals surface area contributed by atoms with Crippen LogP contribution in [0.15, 0.2) is 5.16 Å².